The average molecular weight is 293 g/mol. The third-order valence-electron chi connectivity index (χ3n) is 3.77. The molecule has 2 rings (SSSR count). The van der Waals surface area contributed by atoms with Crippen LogP contribution in [-0.2, 0) is 0 Å². The molecule has 1 unspecified atom stereocenters. The molecule has 1 fully saturated rings. The van der Waals surface area contributed by atoms with Gasteiger partial charge < -0.3 is 19.5 Å². The van der Waals surface area contributed by atoms with Crippen molar-refractivity contribution < 1.29 is 19.4 Å². The standard InChI is InChI=1S/C16H23NO4/c1-3-21-15-9-13(6-7-14(15)20-2)16(19)17-8-4-5-12(10-17)11-18/h6-7,9,12,18H,3-5,8,10-11H2,1-2H3. The Labute approximate surface area is 125 Å². The number of methoxy groups -OCH3 is 1. The summed E-state index contributed by atoms with van der Waals surface area (Å²) in [6.45, 7) is 3.90. The van der Waals surface area contributed by atoms with Crippen LogP contribution in [0, 0.1) is 5.92 Å². The van der Waals surface area contributed by atoms with Gasteiger partial charge in [0.1, 0.15) is 0 Å². The van der Waals surface area contributed by atoms with Crippen LogP contribution in [0.5, 0.6) is 11.5 Å². The first kappa shape index (κ1) is 15.6. The fourth-order valence-electron chi connectivity index (χ4n) is 2.66. The maximum atomic E-state index is 12.6. The molecule has 0 aliphatic carbocycles. The first-order chi connectivity index (χ1) is 10.2. The molecule has 1 atom stereocenters. The highest BCUT2D eigenvalue weighted by Gasteiger charge is 2.24. The van der Waals surface area contributed by atoms with E-state index in [1.165, 1.54) is 0 Å². The summed E-state index contributed by atoms with van der Waals surface area (Å²) >= 11 is 0. The van der Waals surface area contributed by atoms with Gasteiger partial charge in [-0.25, -0.2) is 0 Å². The lowest BCUT2D eigenvalue weighted by Gasteiger charge is -2.32. The highest BCUT2D eigenvalue weighted by Crippen LogP contribution is 2.29. The number of carbonyl (C=O) groups excluding carboxylic acids is 1. The minimum absolute atomic E-state index is 0.0169. The van der Waals surface area contributed by atoms with Crippen molar-refractivity contribution in [3.8, 4) is 11.5 Å². The van der Waals surface area contributed by atoms with Gasteiger partial charge in [0.25, 0.3) is 5.91 Å². The molecule has 0 saturated carbocycles. The van der Waals surface area contributed by atoms with Gasteiger partial charge in [-0.05, 0) is 43.9 Å². The Morgan fingerprint density at radius 1 is 1.43 bits per heavy atom. The lowest BCUT2D eigenvalue weighted by molar-refractivity contribution is 0.0620. The summed E-state index contributed by atoms with van der Waals surface area (Å²) < 4.78 is 10.7. The molecule has 1 aromatic rings. The number of aliphatic hydroxyl groups is 1. The predicted octanol–water partition coefficient (Wildman–Crippen LogP) is 1.94. The Kier molecular flexibility index (Phi) is 5.44. The van der Waals surface area contributed by atoms with Gasteiger partial charge in [0.2, 0.25) is 0 Å². The fraction of sp³-hybridized carbons (Fsp3) is 0.562. The van der Waals surface area contributed by atoms with Crippen molar-refractivity contribution in [2.24, 2.45) is 5.92 Å². The summed E-state index contributed by atoms with van der Waals surface area (Å²) in [5, 5.41) is 9.27. The molecular formula is C16H23NO4. The molecule has 0 bridgehead atoms. The van der Waals surface area contributed by atoms with Gasteiger partial charge in [0, 0.05) is 25.3 Å². The highest BCUT2D eigenvalue weighted by molar-refractivity contribution is 5.95. The molecule has 1 saturated heterocycles. The first-order valence-corrected chi connectivity index (χ1v) is 7.40. The third kappa shape index (κ3) is 3.67. The summed E-state index contributed by atoms with van der Waals surface area (Å²) in [6.07, 6.45) is 1.92. The second-order valence-corrected chi connectivity index (χ2v) is 5.24. The summed E-state index contributed by atoms with van der Waals surface area (Å²) in [5.41, 5.74) is 0.595. The van der Waals surface area contributed by atoms with E-state index in [-0.39, 0.29) is 18.4 Å². The Morgan fingerprint density at radius 2 is 2.24 bits per heavy atom. The number of rotatable bonds is 5. The van der Waals surface area contributed by atoms with Crippen LogP contribution in [0.2, 0.25) is 0 Å². The second-order valence-electron chi connectivity index (χ2n) is 5.24. The van der Waals surface area contributed by atoms with Crippen molar-refractivity contribution in [2.45, 2.75) is 19.8 Å². The van der Waals surface area contributed by atoms with Crippen LogP contribution >= 0.6 is 0 Å². The lowest BCUT2D eigenvalue weighted by atomic mass is 9.98. The van der Waals surface area contributed by atoms with Gasteiger partial charge in [0.15, 0.2) is 11.5 Å². The number of nitrogens with zero attached hydrogens (tertiary/aromatic N) is 1. The van der Waals surface area contributed by atoms with Crippen molar-refractivity contribution in [1.29, 1.82) is 0 Å². The van der Waals surface area contributed by atoms with Gasteiger partial charge in [-0.3, -0.25) is 4.79 Å². The molecule has 116 valence electrons. The lowest BCUT2D eigenvalue weighted by Crippen LogP contribution is -2.40. The van der Waals surface area contributed by atoms with Gasteiger partial charge in [0.05, 0.1) is 13.7 Å². The maximum absolute atomic E-state index is 12.6. The molecule has 1 aliphatic rings. The van der Waals surface area contributed by atoms with Crippen molar-refractivity contribution >= 4 is 5.91 Å². The molecule has 0 radical (unpaired) electrons. The Balaban J connectivity index is 2.16. The van der Waals surface area contributed by atoms with Gasteiger partial charge in [-0.2, -0.15) is 0 Å². The Bertz CT molecular complexity index is 489. The molecule has 1 N–H and O–H groups in total. The van der Waals surface area contributed by atoms with E-state index >= 15 is 0 Å². The van der Waals surface area contributed by atoms with Gasteiger partial charge in [-0.15, -0.1) is 0 Å². The molecule has 21 heavy (non-hydrogen) atoms. The summed E-state index contributed by atoms with van der Waals surface area (Å²) in [4.78, 5) is 14.4. The molecule has 5 nitrogen and oxygen atoms in total. The number of likely N-dealkylation sites (tertiary alicyclic amines) is 1. The predicted molar refractivity (Wildman–Crippen MR) is 79.9 cm³/mol. The van der Waals surface area contributed by atoms with Crippen LogP contribution < -0.4 is 9.47 Å². The monoisotopic (exact) mass is 293 g/mol. The van der Waals surface area contributed by atoms with Crippen LogP contribution in [0.3, 0.4) is 0 Å². The minimum atomic E-state index is -0.0169. The smallest absolute Gasteiger partial charge is 0.254 e. The van der Waals surface area contributed by atoms with Crippen LogP contribution in [0.15, 0.2) is 18.2 Å². The Hall–Kier alpha value is -1.75. The molecule has 0 spiro atoms. The van der Waals surface area contributed by atoms with E-state index in [0.29, 0.717) is 30.2 Å². The van der Waals surface area contributed by atoms with E-state index < -0.39 is 0 Å². The molecule has 0 aromatic heterocycles. The molecule has 1 amide bonds. The number of carbonyl (C=O) groups is 1. The number of hydrogen-bond donors (Lipinski definition) is 1. The normalized spacial score (nSPS) is 18.4. The van der Waals surface area contributed by atoms with Crippen LogP contribution in [0.1, 0.15) is 30.1 Å². The quantitative estimate of drug-likeness (QED) is 0.901. The SMILES string of the molecule is CCOc1cc(C(=O)N2CCCC(CO)C2)ccc1OC. The van der Waals surface area contributed by atoms with E-state index in [4.69, 9.17) is 9.47 Å². The second kappa shape index (κ2) is 7.31. The van der Waals surface area contributed by atoms with Crippen LogP contribution in [0.25, 0.3) is 0 Å². The van der Waals surface area contributed by atoms with Crippen LogP contribution in [0.4, 0.5) is 0 Å². The van der Waals surface area contributed by atoms with Gasteiger partial charge >= 0.3 is 0 Å². The Morgan fingerprint density at radius 3 is 2.90 bits per heavy atom. The number of ether oxygens (including phenoxy) is 2. The summed E-state index contributed by atoms with van der Waals surface area (Å²) in [7, 11) is 1.58. The number of hydrogen-bond acceptors (Lipinski definition) is 4. The zero-order valence-electron chi connectivity index (χ0n) is 12.7. The topological polar surface area (TPSA) is 59.0 Å². The molecule has 1 heterocycles. The van der Waals surface area contributed by atoms with E-state index in [0.717, 1.165) is 19.4 Å². The van der Waals surface area contributed by atoms with E-state index in [9.17, 15) is 9.90 Å². The van der Waals surface area contributed by atoms with Crippen molar-refractivity contribution in [3.05, 3.63) is 23.8 Å². The number of amides is 1. The molecule has 1 aromatic carbocycles. The van der Waals surface area contributed by atoms with Crippen molar-refractivity contribution in [2.75, 3.05) is 33.4 Å². The van der Waals surface area contributed by atoms with Gasteiger partial charge in [-0.1, -0.05) is 0 Å². The van der Waals surface area contributed by atoms with Crippen LogP contribution in [-0.4, -0.2) is 49.3 Å². The first-order valence-electron chi connectivity index (χ1n) is 7.40. The minimum Gasteiger partial charge on any atom is -0.493 e. The molecule has 5 heteroatoms. The highest BCUT2D eigenvalue weighted by atomic mass is 16.5. The largest absolute Gasteiger partial charge is 0.493 e. The average Bonchev–Trinajstić information content (AvgIpc) is 2.54. The van der Waals surface area contributed by atoms with E-state index in [1.54, 1.807) is 25.3 Å². The van der Waals surface area contributed by atoms with E-state index in [1.807, 2.05) is 11.8 Å². The molecule has 1 aliphatic heterocycles. The van der Waals surface area contributed by atoms with Crippen molar-refractivity contribution in [1.82, 2.24) is 4.90 Å². The zero-order chi connectivity index (χ0) is 15.2. The van der Waals surface area contributed by atoms with Crippen molar-refractivity contribution in [3.63, 3.8) is 0 Å². The number of benzene rings is 1. The maximum Gasteiger partial charge on any atom is 0.254 e. The zero-order valence-corrected chi connectivity index (χ0v) is 12.7. The fourth-order valence-corrected chi connectivity index (χ4v) is 2.66. The van der Waals surface area contributed by atoms with E-state index in [2.05, 4.69) is 0 Å². The number of aliphatic hydroxyl groups excluding tert-OH is 1. The molecular weight excluding hydrogens is 270 g/mol. The summed E-state index contributed by atoms with van der Waals surface area (Å²) in [6, 6.07) is 5.24. The summed E-state index contributed by atoms with van der Waals surface area (Å²) in [5.74, 6) is 1.38. The third-order valence-corrected chi connectivity index (χ3v) is 3.77. The number of piperidine rings is 1.